The third-order valence-corrected chi connectivity index (χ3v) is 3.15. The fraction of sp³-hybridized carbons (Fsp3) is 0.389. The van der Waals surface area contributed by atoms with Gasteiger partial charge in [0.25, 0.3) is 0 Å². The first kappa shape index (κ1) is 19.3. The van der Waals surface area contributed by atoms with Crippen LogP contribution in [0.5, 0.6) is 11.8 Å². The standard InChI is InChI=1S/C18H24N4O4/c1-18(2,3)26-17(23)20-10-12-5-7-13(8-6-12)11-25-15-9-14(24-4)21-16(19)22-15/h5-9H,10-11H2,1-4H3,(H,20,23)(H2,19,21,22). The molecule has 0 bridgehead atoms. The van der Waals surface area contributed by atoms with Crippen LogP contribution in [-0.4, -0.2) is 28.8 Å². The van der Waals surface area contributed by atoms with Crippen molar-refractivity contribution in [1.82, 2.24) is 15.3 Å². The molecule has 0 aliphatic heterocycles. The number of aromatic nitrogens is 2. The van der Waals surface area contributed by atoms with E-state index in [0.717, 1.165) is 11.1 Å². The molecule has 1 aromatic carbocycles. The molecule has 0 atom stereocenters. The first-order valence-electron chi connectivity index (χ1n) is 8.11. The molecule has 2 aromatic rings. The summed E-state index contributed by atoms with van der Waals surface area (Å²) in [7, 11) is 1.50. The van der Waals surface area contributed by atoms with E-state index in [0.29, 0.717) is 24.9 Å². The van der Waals surface area contributed by atoms with Gasteiger partial charge in [-0.25, -0.2) is 4.79 Å². The van der Waals surface area contributed by atoms with E-state index in [-0.39, 0.29) is 5.95 Å². The third kappa shape index (κ3) is 6.46. The summed E-state index contributed by atoms with van der Waals surface area (Å²) in [4.78, 5) is 19.5. The largest absolute Gasteiger partial charge is 0.481 e. The highest BCUT2D eigenvalue weighted by Gasteiger charge is 2.15. The molecule has 3 N–H and O–H groups in total. The third-order valence-electron chi connectivity index (χ3n) is 3.15. The van der Waals surface area contributed by atoms with Crippen LogP contribution in [0, 0.1) is 0 Å². The molecular formula is C18H24N4O4. The topological polar surface area (TPSA) is 109 Å². The number of nitrogens with one attached hydrogen (secondary N) is 1. The normalized spacial score (nSPS) is 10.9. The van der Waals surface area contributed by atoms with Crippen LogP contribution in [0.25, 0.3) is 0 Å². The molecular weight excluding hydrogens is 336 g/mol. The van der Waals surface area contributed by atoms with Crippen molar-refractivity contribution in [2.75, 3.05) is 12.8 Å². The van der Waals surface area contributed by atoms with Gasteiger partial charge in [-0.15, -0.1) is 0 Å². The van der Waals surface area contributed by atoms with E-state index in [1.807, 2.05) is 45.0 Å². The molecule has 2 rings (SSSR count). The fourth-order valence-electron chi connectivity index (χ4n) is 2.00. The van der Waals surface area contributed by atoms with Gasteiger partial charge in [-0.1, -0.05) is 24.3 Å². The number of nitrogens with two attached hydrogens (primary N) is 1. The number of nitrogens with zero attached hydrogens (tertiary/aromatic N) is 2. The highest BCUT2D eigenvalue weighted by molar-refractivity contribution is 5.67. The summed E-state index contributed by atoms with van der Waals surface area (Å²) in [6.45, 7) is 6.17. The van der Waals surface area contributed by atoms with Gasteiger partial charge in [-0.3, -0.25) is 0 Å². The average Bonchev–Trinajstić information content (AvgIpc) is 2.57. The summed E-state index contributed by atoms with van der Waals surface area (Å²) >= 11 is 0. The number of benzene rings is 1. The lowest BCUT2D eigenvalue weighted by molar-refractivity contribution is 0.0523. The zero-order valence-corrected chi connectivity index (χ0v) is 15.4. The van der Waals surface area contributed by atoms with E-state index in [9.17, 15) is 4.79 Å². The summed E-state index contributed by atoms with van der Waals surface area (Å²) in [5.41, 5.74) is 6.98. The maximum absolute atomic E-state index is 11.7. The van der Waals surface area contributed by atoms with Gasteiger partial charge in [0.1, 0.15) is 12.2 Å². The van der Waals surface area contributed by atoms with E-state index in [2.05, 4.69) is 15.3 Å². The predicted molar refractivity (Wildman–Crippen MR) is 96.8 cm³/mol. The Labute approximate surface area is 152 Å². The first-order chi connectivity index (χ1) is 12.2. The minimum Gasteiger partial charge on any atom is -0.481 e. The molecule has 1 heterocycles. The molecule has 0 saturated carbocycles. The highest BCUT2D eigenvalue weighted by atomic mass is 16.6. The number of hydrogen-bond acceptors (Lipinski definition) is 7. The maximum atomic E-state index is 11.7. The minimum absolute atomic E-state index is 0.0860. The number of carbonyl (C=O) groups excluding carboxylic acids is 1. The smallest absolute Gasteiger partial charge is 0.407 e. The highest BCUT2D eigenvalue weighted by Crippen LogP contribution is 2.17. The Morgan fingerprint density at radius 3 is 2.35 bits per heavy atom. The first-order valence-corrected chi connectivity index (χ1v) is 8.11. The summed E-state index contributed by atoms with van der Waals surface area (Å²) in [6.07, 6.45) is -0.444. The molecule has 140 valence electrons. The van der Waals surface area contributed by atoms with Crippen LogP contribution in [0.15, 0.2) is 30.3 Å². The number of hydrogen-bond donors (Lipinski definition) is 2. The van der Waals surface area contributed by atoms with Gasteiger partial charge in [0.15, 0.2) is 0 Å². The van der Waals surface area contributed by atoms with Gasteiger partial charge in [-0.05, 0) is 31.9 Å². The molecule has 0 aliphatic carbocycles. The second kappa shape index (κ2) is 8.37. The average molecular weight is 360 g/mol. The molecule has 26 heavy (non-hydrogen) atoms. The number of amides is 1. The Kier molecular flexibility index (Phi) is 6.21. The Morgan fingerprint density at radius 1 is 1.12 bits per heavy atom. The lowest BCUT2D eigenvalue weighted by atomic mass is 10.1. The lowest BCUT2D eigenvalue weighted by Gasteiger charge is -2.19. The van der Waals surface area contributed by atoms with Crippen molar-refractivity contribution in [2.24, 2.45) is 0 Å². The summed E-state index contributed by atoms with van der Waals surface area (Å²) in [6, 6.07) is 9.20. The number of carbonyl (C=O) groups is 1. The van der Waals surface area contributed by atoms with Crippen LogP contribution in [0.3, 0.4) is 0 Å². The van der Waals surface area contributed by atoms with Crippen molar-refractivity contribution < 1.29 is 19.0 Å². The molecule has 0 saturated heterocycles. The molecule has 0 radical (unpaired) electrons. The molecule has 0 fully saturated rings. The van der Waals surface area contributed by atoms with Crippen molar-refractivity contribution in [1.29, 1.82) is 0 Å². The second-order valence-electron chi connectivity index (χ2n) is 6.57. The van der Waals surface area contributed by atoms with Gasteiger partial charge < -0.3 is 25.3 Å². The van der Waals surface area contributed by atoms with Crippen molar-refractivity contribution >= 4 is 12.0 Å². The Morgan fingerprint density at radius 2 is 1.73 bits per heavy atom. The quantitative estimate of drug-likeness (QED) is 0.815. The molecule has 8 heteroatoms. The van der Waals surface area contributed by atoms with Crippen LogP contribution < -0.4 is 20.5 Å². The molecule has 1 amide bonds. The minimum atomic E-state index is -0.516. The molecule has 8 nitrogen and oxygen atoms in total. The van der Waals surface area contributed by atoms with Gasteiger partial charge >= 0.3 is 6.09 Å². The van der Waals surface area contributed by atoms with Crippen molar-refractivity contribution in [3.8, 4) is 11.8 Å². The number of nitrogen functional groups attached to an aromatic ring is 1. The Bertz CT molecular complexity index is 742. The zero-order chi connectivity index (χ0) is 19.2. The van der Waals surface area contributed by atoms with Gasteiger partial charge in [0, 0.05) is 6.54 Å². The number of anilines is 1. The van der Waals surface area contributed by atoms with E-state index >= 15 is 0 Å². The number of rotatable bonds is 6. The van der Waals surface area contributed by atoms with Crippen LogP contribution in [0.1, 0.15) is 31.9 Å². The summed E-state index contributed by atoms with van der Waals surface area (Å²) in [5, 5.41) is 2.71. The number of ether oxygens (including phenoxy) is 3. The monoisotopic (exact) mass is 360 g/mol. The molecule has 1 aromatic heterocycles. The van der Waals surface area contributed by atoms with E-state index < -0.39 is 11.7 Å². The number of alkyl carbamates (subject to hydrolysis) is 1. The van der Waals surface area contributed by atoms with Crippen LogP contribution in [0.2, 0.25) is 0 Å². The van der Waals surface area contributed by atoms with E-state index in [1.165, 1.54) is 7.11 Å². The van der Waals surface area contributed by atoms with Crippen molar-refractivity contribution in [3.63, 3.8) is 0 Å². The lowest BCUT2D eigenvalue weighted by Crippen LogP contribution is -2.32. The molecule has 0 spiro atoms. The fourth-order valence-corrected chi connectivity index (χ4v) is 2.00. The van der Waals surface area contributed by atoms with Crippen molar-refractivity contribution in [2.45, 2.75) is 39.5 Å². The maximum Gasteiger partial charge on any atom is 0.407 e. The van der Waals surface area contributed by atoms with Crippen LogP contribution in [0.4, 0.5) is 10.7 Å². The second-order valence-corrected chi connectivity index (χ2v) is 6.57. The van der Waals surface area contributed by atoms with Gasteiger partial charge in [0.05, 0.1) is 13.2 Å². The Hall–Kier alpha value is -3.03. The SMILES string of the molecule is COc1cc(OCc2ccc(CNC(=O)OC(C)(C)C)cc2)nc(N)n1. The van der Waals surface area contributed by atoms with Crippen LogP contribution >= 0.6 is 0 Å². The number of methoxy groups -OCH3 is 1. The summed E-state index contributed by atoms with van der Waals surface area (Å²) in [5.74, 6) is 0.768. The van der Waals surface area contributed by atoms with E-state index in [4.69, 9.17) is 19.9 Å². The molecule has 0 unspecified atom stereocenters. The van der Waals surface area contributed by atoms with Crippen LogP contribution in [-0.2, 0) is 17.9 Å². The molecule has 0 aliphatic rings. The van der Waals surface area contributed by atoms with Gasteiger partial charge in [0.2, 0.25) is 17.7 Å². The predicted octanol–water partition coefficient (Wildman–Crippen LogP) is 2.67. The van der Waals surface area contributed by atoms with Crippen molar-refractivity contribution in [3.05, 3.63) is 41.5 Å². The van der Waals surface area contributed by atoms with Gasteiger partial charge in [-0.2, -0.15) is 9.97 Å². The Balaban J connectivity index is 1.86. The zero-order valence-electron chi connectivity index (χ0n) is 15.4. The van der Waals surface area contributed by atoms with E-state index in [1.54, 1.807) is 6.07 Å². The summed E-state index contributed by atoms with van der Waals surface area (Å²) < 4.78 is 15.8.